The molecule has 1 heterocycles. The Bertz CT molecular complexity index is 1000. The fourth-order valence-electron chi connectivity index (χ4n) is 3.53. The van der Waals surface area contributed by atoms with Gasteiger partial charge >= 0.3 is 0 Å². The lowest BCUT2D eigenvalue weighted by Crippen LogP contribution is -2.07. The van der Waals surface area contributed by atoms with E-state index >= 15 is 0 Å². The molecule has 2 aromatic rings. The Kier molecular flexibility index (Phi) is 6.58. The van der Waals surface area contributed by atoms with Crippen molar-refractivity contribution in [1.82, 2.24) is 0 Å². The van der Waals surface area contributed by atoms with Gasteiger partial charge in [0.25, 0.3) is 0 Å². The smallest absolute Gasteiger partial charge is 0.0810 e. The van der Waals surface area contributed by atoms with E-state index in [4.69, 9.17) is 15.0 Å². The van der Waals surface area contributed by atoms with E-state index in [2.05, 4.69) is 70.2 Å². The van der Waals surface area contributed by atoms with Crippen molar-refractivity contribution < 1.29 is 0 Å². The Morgan fingerprint density at radius 3 is 1.76 bits per heavy atom. The van der Waals surface area contributed by atoms with Gasteiger partial charge in [0.05, 0.1) is 34.2 Å². The van der Waals surface area contributed by atoms with Gasteiger partial charge in [0.2, 0.25) is 0 Å². The second kappa shape index (κ2) is 9.13. The van der Waals surface area contributed by atoms with Crippen molar-refractivity contribution in [1.29, 1.82) is 0 Å². The molecule has 0 fully saturated rings. The van der Waals surface area contributed by atoms with Crippen molar-refractivity contribution in [2.75, 3.05) is 0 Å². The third kappa shape index (κ3) is 4.97. The molecule has 0 aromatic heterocycles. The summed E-state index contributed by atoms with van der Waals surface area (Å²) in [6.45, 7) is 12.9. The van der Waals surface area contributed by atoms with Gasteiger partial charge in [-0.05, 0) is 48.9 Å². The van der Waals surface area contributed by atoms with Crippen LogP contribution in [-0.2, 0) is 0 Å². The van der Waals surface area contributed by atoms with Crippen LogP contribution in [0, 0.1) is 0 Å². The van der Waals surface area contributed by atoms with Gasteiger partial charge in [-0.3, -0.25) is 9.98 Å². The van der Waals surface area contributed by atoms with Crippen molar-refractivity contribution in [3.63, 3.8) is 0 Å². The highest BCUT2D eigenvalue weighted by Gasteiger charge is 2.15. The summed E-state index contributed by atoms with van der Waals surface area (Å²) in [7, 11) is 0. The second-order valence-electron chi connectivity index (χ2n) is 8.17. The minimum absolute atomic E-state index is 0.440. The quantitative estimate of drug-likeness (QED) is 0.460. The van der Waals surface area contributed by atoms with Gasteiger partial charge in [0.15, 0.2) is 0 Å². The zero-order chi connectivity index (χ0) is 21.0. The van der Waals surface area contributed by atoms with Gasteiger partial charge in [-0.2, -0.15) is 0 Å². The summed E-state index contributed by atoms with van der Waals surface area (Å²) < 4.78 is 0. The van der Waals surface area contributed by atoms with Crippen molar-refractivity contribution in [2.45, 2.75) is 59.8 Å². The monoisotopic (exact) mass is 385 g/mol. The number of nitrogens with zero attached hydrogens (tertiary/aromatic N) is 3. The van der Waals surface area contributed by atoms with Crippen LogP contribution in [-0.4, -0.2) is 17.1 Å². The molecular weight excluding hydrogens is 354 g/mol. The maximum Gasteiger partial charge on any atom is 0.0810 e. The van der Waals surface area contributed by atoms with E-state index in [1.165, 1.54) is 11.1 Å². The molecule has 29 heavy (non-hydrogen) atoms. The molecule has 150 valence electrons. The van der Waals surface area contributed by atoms with Crippen molar-refractivity contribution in [3.05, 3.63) is 71.4 Å². The summed E-state index contributed by atoms with van der Waals surface area (Å²) in [5.74, 6) is 0.882. The van der Waals surface area contributed by atoms with E-state index in [0.29, 0.717) is 11.8 Å². The molecule has 0 N–H and O–H groups in total. The molecule has 1 aliphatic heterocycles. The zero-order valence-corrected chi connectivity index (χ0v) is 18.4. The predicted octanol–water partition coefficient (Wildman–Crippen LogP) is 7.55. The summed E-state index contributed by atoms with van der Waals surface area (Å²) in [4.78, 5) is 14.6. The number of hydrogen-bond donors (Lipinski definition) is 0. The summed E-state index contributed by atoms with van der Waals surface area (Å²) in [6.07, 6.45) is 2.95. The summed E-state index contributed by atoms with van der Waals surface area (Å²) >= 11 is 0. The highest BCUT2D eigenvalue weighted by atomic mass is 14.9. The normalized spacial score (nSPS) is 15.2. The summed E-state index contributed by atoms with van der Waals surface area (Å²) in [5.41, 5.74) is 8.48. The molecule has 1 aliphatic rings. The van der Waals surface area contributed by atoms with Gasteiger partial charge in [0, 0.05) is 6.42 Å². The maximum absolute atomic E-state index is 4.89. The van der Waals surface area contributed by atoms with Crippen molar-refractivity contribution >= 4 is 28.5 Å². The van der Waals surface area contributed by atoms with E-state index in [9.17, 15) is 0 Å². The molecule has 0 aliphatic carbocycles. The van der Waals surface area contributed by atoms with Crippen molar-refractivity contribution in [2.24, 2.45) is 15.0 Å². The first-order chi connectivity index (χ1) is 13.9. The Morgan fingerprint density at radius 1 is 0.759 bits per heavy atom. The number of rotatable bonds is 6. The number of hydrogen-bond acceptors (Lipinski definition) is 3. The SMILES string of the molecule is CC(=Nc1ccccc1C(C)C)C1=CCC(C(C)=Nc2ccccc2C(C)C)=N1. The molecule has 2 aromatic carbocycles. The van der Waals surface area contributed by atoms with E-state index in [0.717, 1.165) is 40.6 Å². The molecule has 0 atom stereocenters. The first-order valence-corrected chi connectivity index (χ1v) is 10.4. The average Bonchev–Trinajstić information content (AvgIpc) is 3.19. The van der Waals surface area contributed by atoms with E-state index in [1.807, 2.05) is 26.0 Å². The molecule has 0 spiro atoms. The van der Waals surface area contributed by atoms with Gasteiger partial charge < -0.3 is 0 Å². The highest BCUT2D eigenvalue weighted by molar-refractivity contribution is 6.43. The van der Waals surface area contributed by atoms with Gasteiger partial charge in [-0.1, -0.05) is 70.2 Å². The minimum Gasteiger partial charge on any atom is -0.252 e. The number of para-hydroxylation sites is 2. The van der Waals surface area contributed by atoms with Gasteiger partial charge in [0.1, 0.15) is 0 Å². The standard InChI is InChI=1S/C26H31N3/c1-17(2)21-11-7-9-13-25(21)27-19(5)23-15-16-24(29-23)20(6)28-26-14-10-8-12-22(26)18(3)4/h7-15,17-18H,16H2,1-6H3. The molecule has 0 bridgehead atoms. The third-order valence-electron chi connectivity index (χ3n) is 5.23. The minimum atomic E-state index is 0.440. The fraction of sp³-hybridized carbons (Fsp3) is 0.346. The van der Waals surface area contributed by atoms with Gasteiger partial charge in [-0.25, -0.2) is 4.99 Å². The Morgan fingerprint density at radius 2 is 1.24 bits per heavy atom. The lowest BCUT2D eigenvalue weighted by atomic mass is 10.0. The second-order valence-corrected chi connectivity index (χ2v) is 8.17. The zero-order valence-electron chi connectivity index (χ0n) is 18.4. The van der Waals surface area contributed by atoms with Crippen LogP contribution in [0.1, 0.15) is 70.9 Å². The average molecular weight is 386 g/mol. The molecule has 3 nitrogen and oxygen atoms in total. The van der Waals surface area contributed by atoms with E-state index in [1.54, 1.807) is 0 Å². The first kappa shape index (κ1) is 20.9. The Balaban J connectivity index is 1.85. The Hall–Kier alpha value is -2.81. The van der Waals surface area contributed by atoms with Crippen LogP contribution in [0.3, 0.4) is 0 Å². The molecule has 3 heteroatoms. The predicted molar refractivity (Wildman–Crippen MR) is 127 cm³/mol. The molecule has 0 saturated carbocycles. The topological polar surface area (TPSA) is 37.1 Å². The maximum atomic E-state index is 4.89. The van der Waals surface area contributed by atoms with Gasteiger partial charge in [-0.15, -0.1) is 0 Å². The molecule has 3 rings (SSSR count). The summed E-state index contributed by atoms with van der Waals surface area (Å²) in [5, 5.41) is 0. The van der Waals surface area contributed by atoms with Crippen LogP contribution in [0.2, 0.25) is 0 Å². The summed E-state index contributed by atoms with van der Waals surface area (Å²) in [6, 6.07) is 16.7. The third-order valence-corrected chi connectivity index (χ3v) is 5.23. The molecular formula is C26H31N3. The largest absolute Gasteiger partial charge is 0.252 e. The van der Waals surface area contributed by atoms with E-state index in [-0.39, 0.29) is 0 Å². The Labute approximate surface area is 175 Å². The molecule has 0 radical (unpaired) electrons. The van der Waals surface area contributed by atoms with Crippen LogP contribution < -0.4 is 0 Å². The van der Waals surface area contributed by atoms with Crippen LogP contribution in [0.5, 0.6) is 0 Å². The fourth-order valence-corrected chi connectivity index (χ4v) is 3.53. The van der Waals surface area contributed by atoms with Crippen LogP contribution in [0.15, 0.2) is 75.3 Å². The van der Waals surface area contributed by atoms with E-state index < -0.39 is 0 Å². The molecule has 0 saturated heterocycles. The number of aliphatic imine (C=N–C) groups is 3. The van der Waals surface area contributed by atoms with Crippen molar-refractivity contribution in [3.8, 4) is 0 Å². The number of allylic oxidation sites excluding steroid dienone is 2. The molecule has 0 amide bonds. The van der Waals surface area contributed by atoms with Crippen LogP contribution in [0.25, 0.3) is 0 Å². The van der Waals surface area contributed by atoms with Crippen LogP contribution in [0.4, 0.5) is 11.4 Å². The lowest BCUT2D eigenvalue weighted by Gasteiger charge is -2.10. The highest BCUT2D eigenvalue weighted by Crippen LogP contribution is 2.29. The first-order valence-electron chi connectivity index (χ1n) is 10.4. The lowest BCUT2D eigenvalue weighted by molar-refractivity contribution is 0.867. The molecule has 0 unspecified atom stereocenters. The number of benzene rings is 2. The van der Waals surface area contributed by atoms with Crippen LogP contribution >= 0.6 is 0 Å².